The molecular formula is C14H26N2O. The summed E-state index contributed by atoms with van der Waals surface area (Å²) in [6.45, 7) is 2.95. The van der Waals surface area contributed by atoms with Gasteiger partial charge in [0.25, 0.3) is 0 Å². The fraction of sp³-hybridized carbons (Fsp3) is 1.00. The topological polar surface area (TPSA) is 49.5 Å². The van der Waals surface area contributed by atoms with E-state index in [0.29, 0.717) is 12.6 Å². The molecule has 1 aliphatic carbocycles. The minimum atomic E-state index is -0.487. The Labute approximate surface area is 104 Å². The predicted octanol–water partition coefficient (Wildman–Crippen LogP) is 1.49. The van der Waals surface area contributed by atoms with Crippen LogP contribution in [0, 0.1) is 5.41 Å². The van der Waals surface area contributed by atoms with E-state index < -0.39 is 5.60 Å². The van der Waals surface area contributed by atoms with Crippen molar-refractivity contribution in [1.29, 1.82) is 0 Å². The second-order valence-electron chi connectivity index (χ2n) is 6.41. The fourth-order valence-corrected chi connectivity index (χ4v) is 4.78. The molecule has 0 aromatic heterocycles. The Morgan fingerprint density at radius 1 is 1.06 bits per heavy atom. The van der Waals surface area contributed by atoms with Crippen molar-refractivity contribution < 1.29 is 5.11 Å². The van der Waals surface area contributed by atoms with E-state index in [1.165, 1.54) is 38.6 Å². The molecule has 3 rings (SSSR count). The first-order chi connectivity index (χ1) is 8.22. The molecule has 98 valence electrons. The van der Waals surface area contributed by atoms with Crippen molar-refractivity contribution in [2.45, 2.75) is 63.0 Å². The number of fused-ring (bicyclic) bond motifs is 1. The lowest BCUT2D eigenvalue weighted by molar-refractivity contribution is -0.114. The summed E-state index contributed by atoms with van der Waals surface area (Å²) in [7, 11) is 0. The minimum absolute atomic E-state index is 0.0228. The third-order valence-corrected chi connectivity index (χ3v) is 5.81. The van der Waals surface area contributed by atoms with Gasteiger partial charge in [0, 0.05) is 24.5 Å². The summed E-state index contributed by atoms with van der Waals surface area (Å²) in [5.74, 6) is 0. The molecule has 2 aliphatic heterocycles. The van der Waals surface area contributed by atoms with Gasteiger partial charge in [0.2, 0.25) is 0 Å². The molecule has 0 amide bonds. The zero-order chi connectivity index (χ0) is 11.9. The second kappa shape index (κ2) is 4.22. The molecule has 1 saturated carbocycles. The van der Waals surface area contributed by atoms with Gasteiger partial charge in [0.1, 0.15) is 0 Å². The van der Waals surface area contributed by atoms with E-state index in [1.807, 2.05) is 0 Å². The van der Waals surface area contributed by atoms with Gasteiger partial charge in [0.15, 0.2) is 0 Å². The molecule has 3 N–H and O–H groups in total. The van der Waals surface area contributed by atoms with Crippen molar-refractivity contribution in [1.82, 2.24) is 4.90 Å². The first-order valence-electron chi connectivity index (χ1n) is 7.38. The number of hydrogen-bond acceptors (Lipinski definition) is 3. The van der Waals surface area contributed by atoms with Gasteiger partial charge in [-0.3, -0.25) is 4.90 Å². The SMILES string of the molecule is NCC1(C2(O)CCN3CCCC32)CCCCC1. The van der Waals surface area contributed by atoms with Crippen molar-refractivity contribution in [2.24, 2.45) is 11.1 Å². The van der Waals surface area contributed by atoms with Crippen molar-refractivity contribution in [3.63, 3.8) is 0 Å². The van der Waals surface area contributed by atoms with Crippen LogP contribution in [-0.2, 0) is 0 Å². The Bertz CT molecular complexity index is 288. The summed E-state index contributed by atoms with van der Waals surface area (Å²) >= 11 is 0. The summed E-state index contributed by atoms with van der Waals surface area (Å²) < 4.78 is 0. The number of aliphatic hydroxyl groups is 1. The summed E-state index contributed by atoms with van der Waals surface area (Å²) in [5.41, 5.74) is 5.64. The first-order valence-corrected chi connectivity index (χ1v) is 7.38. The number of nitrogens with zero attached hydrogens (tertiary/aromatic N) is 1. The van der Waals surface area contributed by atoms with Gasteiger partial charge < -0.3 is 10.8 Å². The van der Waals surface area contributed by atoms with E-state index in [-0.39, 0.29) is 5.41 Å². The van der Waals surface area contributed by atoms with Gasteiger partial charge in [-0.2, -0.15) is 0 Å². The highest BCUT2D eigenvalue weighted by Gasteiger charge is 2.59. The molecule has 2 atom stereocenters. The van der Waals surface area contributed by atoms with Crippen LogP contribution in [0.15, 0.2) is 0 Å². The van der Waals surface area contributed by atoms with E-state index in [1.54, 1.807) is 0 Å². The standard InChI is InChI=1S/C14H26N2O/c15-11-13(6-2-1-3-7-13)14(17)8-10-16-9-4-5-12(14)16/h12,17H,1-11,15H2. The van der Waals surface area contributed by atoms with Gasteiger partial charge >= 0.3 is 0 Å². The smallest absolute Gasteiger partial charge is 0.0882 e. The molecule has 17 heavy (non-hydrogen) atoms. The van der Waals surface area contributed by atoms with Crippen LogP contribution in [0.25, 0.3) is 0 Å². The van der Waals surface area contributed by atoms with Crippen LogP contribution < -0.4 is 5.73 Å². The average Bonchev–Trinajstić information content (AvgIpc) is 2.95. The zero-order valence-corrected chi connectivity index (χ0v) is 10.8. The lowest BCUT2D eigenvalue weighted by Gasteiger charge is -2.50. The van der Waals surface area contributed by atoms with Gasteiger partial charge in [-0.25, -0.2) is 0 Å². The summed E-state index contributed by atoms with van der Waals surface area (Å²) in [4.78, 5) is 2.51. The van der Waals surface area contributed by atoms with Crippen LogP contribution in [-0.4, -0.2) is 41.3 Å². The van der Waals surface area contributed by atoms with Crippen LogP contribution in [0.1, 0.15) is 51.4 Å². The van der Waals surface area contributed by atoms with Crippen LogP contribution in [0.4, 0.5) is 0 Å². The van der Waals surface area contributed by atoms with Crippen LogP contribution >= 0.6 is 0 Å². The second-order valence-corrected chi connectivity index (χ2v) is 6.41. The van der Waals surface area contributed by atoms with Gasteiger partial charge in [-0.15, -0.1) is 0 Å². The van der Waals surface area contributed by atoms with Gasteiger partial charge in [0.05, 0.1) is 5.60 Å². The molecular weight excluding hydrogens is 212 g/mol. The maximum absolute atomic E-state index is 11.3. The van der Waals surface area contributed by atoms with E-state index in [0.717, 1.165) is 25.8 Å². The normalized spacial score (nSPS) is 41.6. The number of rotatable bonds is 2. The molecule has 0 radical (unpaired) electrons. The zero-order valence-electron chi connectivity index (χ0n) is 10.8. The Hall–Kier alpha value is -0.120. The molecule has 0 spiro atoms. The molecule has 3 nitrogen and oxygen atoms in total. The Morgan fingerprint density at radius 2 is 1.82 bits per heavy atom. The molecule has 3 heteroatoms. The molecule has 0 aromatic rings. The summed E-state index contributed by atoms with van der Waals surface area (Å²) in [5, 5.41) is 11.3. The highest BCUT2D eigenvalue weighted by molar-refractivity contribution is 5.13. The summed E-state index contributed by atoms with van der Waals surface area (Å²) in [6, 6.07) is 0.407. The lowest BCUT2D eigenvalue weighted by atomic mass is 9.60. The number of nitrogens with two attached hydrogens (primary N) is 1. The average molecular weight is 238 g/mol. The molecule has 3 aliphatic rings. The Balaban J connectivity index is 1.89. The van der Waals surface area contributed by atoms with Crippen LogP contribution in [0.3, 0.4) is 0 Å². The molecule has 0 aromatic carbocycles. The van der Waals surface area contributed by atoms with E-state index >= 15 is 0 Å². The highest BCUT2D eigenvalue weighted by atomic mass is 16.3. The van der Waals surface area contributed by atoms with Crippen LogP contribution in [0.2, 0.25) is 0 Å². The minimum Gasteiger partial charge on any atom is -0.388 e. The molecule has 2 heterocycles. The quantitative estimate of drug-likeness (QED) is 0.766. The largest absolute Gasteiger partial charge is 0.388 e. The predicted molar refractivity (Wildman–Crippen MR) is 68.7 cm³/mol. The van der Waals surface area contributed by atoms with Crippen molar-refractivity contribution in [3.8, 4) is 0 Å². The van der Waals surface area contributed by atoms with Gasteiger partial charge in [-0.1, -0.05) is 19.3 Å². The molecule has 0 bridgehead atoms. The lowest BCUT2D eigenvalue weighted by Crippen LogP contribution is -2.58. The Morgan fingerprint density at radius 3 is 2.53 bits per heavy atom. The van der Waals surface area contributed by atoms with E-state index in [9.17, 15) is 5.11 Å². The third kappa shape index (κ3) is 1.59. The van der Waals surface area contributed by atoms with Crippen molar-refractivity contribution in [2.75, 3.05) is 19.6 Å². The van der Waals surface area contributed by atoms with E-state index in [2.05, 4.69) is 4.90 Å². The van der Waals surface area contributed by atoms with Crippen molar-refractivity contribution in [3.05, 3.63) is 0 Å². The van der Waals surface area contributed by atoms with Crippen molar-refractivity contribution >= 4 is 0 Å². The summed E-state index contributed by atoms with van der Waals surface area (Å²) in [6.07, 6.45) is 9.51. The maximum atomic E-state index is 11.3. The Kier molecular flexibility index (Phi) is 2.96. The molecule has 2 saturated heterocycles. The fourth-order valence-electron chi connectivity index (χ4n) is 4.78. The molecule has 3 fully saturated rings. The van der Waals surface area contributed by atoms with Crippen LogP contribution in [0.5, 0.6) is 0 Å². The monoisotopic (exact) mass is 238 g/mol. The highest BCUT2D eigenvalue weighted by Crippen LogP contribution is 2.52. The van der Waals surface area contributed by atoms with Gasteiger partial charge in [-0.05, 0) is 38.6 Å². The third-order valence-electron chi connectivity index (χ3n) is 5.81. The first kappa shape index (κ1) is 11.9. The maximum Gasteiger partial charge on any atom is 0.0882 e. The molecule has 2 unspecified atom stereocenters. The van der Waals surface area contributed by atoms with E-state index in [4.69, 9.17) is 5.73 Å². The number of hydrogen-bond donors (Lipinski definition) is 2.